The van der Waals surface area contributed by atoms with Crippen molar-refractivity contribution in [2.45, 2.75) is 201 Å². The third-order valence-corrected chi connectivity index (χ3v) is 25.4. The zero-order chi connectivity index (χ0) is 101. The van der Waals surface area contributed by atoms with E-state index in [0.717, 1.165) is 31.5 Å². The number of para-hydroxylation sites is 1. The van der Waals surface area contributed by atoms with Crippen LogP contribution in [0.4, 0.5) is 13.2 Å². The smallest absolute Gasteiger partial charge is 0.305 e. The monoisotopic (exact) mass is 1950 g/mol. The summed E-state index contributed by atoms with van der Waals surface area (Å²) >= 11 is 0.560. The molecule has 0 radical (unpaired) electrons. The number of phenolic OH excluding ortho intramolecular Hbond substituents is 2. The number of unbranched alkanes of at least 4 members (excludes halogenated alkanes) is 1. The van der Waals surface area contributed by atoms with E-state index in [1.165, 1.54) is 82.7 Å². The number of carboxylic acid groups (broad SMARTS) is 2. The van der Waals surface area contributed by atoms with Crippen molar-refractivity contribution in [2.75, 3.05) is 52.3 Å². The average molecular weight is 1950 g/mol. The second kappa shape index (κ2) is 49.5. The highest BCUT2D eigenvalue weighted by Gasteiger charge is 2.49. The second-order valence-corrected chi connectivity index (χ2v) is 36.1. The number of fused-ring (bicyclic) bond motifs is 3. The number of H-pyrrole nitrogens is 1. The van der Waals surface area contributed by atoms with E-state index in [4.69, 9.17) is 5.73 Å². The standard InChI is InChI=1S/C96H115F3N16O23S/c1-7-8-23-73-95(137)115-48-61(119)43-76(115)91(133)107-69(44-81(124)125)88(130)110-83(51(2)3)96(138)112(5)74(39-52-17-11-9-12-18-52)89(131)108-71(37-55-26-30-59(117)31-27-55)93(135)114-47-60(118)42-75(114)90(132)106-68(41-57-45-101-65-22-16-15-21-62(57)65)87(129)105-67(36-54-24-28-58(116)29-25-54)86(128)104-66(32-33-80(122)123)85(127)109-72(84(126)102-46-78(100)120)49-139-50-79(121)103-70(38-56-34-63(97)82(99)64(98)35-56)92(134)113(6)77(94(136)111(73)4)40-53-19-13-10-14-20-53/h9-22,24-31,34-35,45,51,60-61,66-77,83,101,116-119H,7-8,23,32-33,36-44,46-50H2,1-6H3,(H2,100,120)(H,102,126)(H,103,121)(H,104,128)(H,105,129)(H,106,132)(H,107,133)(H,108,131)(H,109,127)(H,110,130)(H,122,123)(H,124,125)/t60-,61-,66+,67+,68+,69+,70+,71+,72+,73+,74+,75+,76-,77+,83+/m1/s1. The third kappa shape index (κ3) is 29.3. The number of aromatic nitrogens is 1. The number of likely N-dealkylation sites (N-methyl/N-ethyl adjacent to an activating group) is 3. The summed E-state index contributed by atoms with van der Waals surface area (Å²) in [6, 6.07) is 11.4. The molecule has 3 aliphatic rings. The van der Waals surface area contributed by atoms with Gasteiger partial charge in [0.05, 0.1) is 30.9 Å². The van der Waals surface area contributed by atoms with Gasteiger partial charge < -0.3 is 114 Å². The first-order valence-electron chi connectivity index (χ1n) is 45.1. The van der Waals surface area contributed by atoms with Gasteiger partial charge in [-0.2, -0.15) is 0 Å². The van der Waals surface area contributed by atoms with Crippen LogP contribution in [0.5, 0.6) is 11.5 Å². The number of aromatic amines is 1. The Balaban J connectivity index is 1.07. The third-order valence-electron chi connectivity index (χ3n) is 24.4. The molecule has 0 saturated carbocycles. The largest absolute Gasteiger partial charge is 0.508 e. The number of nitrogens with zero attached hydrogens (tertiary/aromatic N) is 5. The van der Waals surface area contributed by atoms with Gasteiger partial charge in [0.1, 0.15) is 90.0 Å². The lowest BCUT2D eigenvalue weighted by molar-refractivity contribution is -0.152. The van der Waals surface area contributed by atoms with Crippen LogP contribution >= 0.6 is 11.8 Å². The number of nitrogens with two attached hydrogens (primary N) is 1. The van der Waals surface area contributed by atoms with E-state index in [9.17, 15) is 73.4 Å². The Bertz CT molecular complexity index is 5610. The van der Waals surface area contributed by atoms with Crippen molar-refractivity contribution in [1.82, 2.24) is 77.3 Å². The van der Waals surface area contributed by atoms with Crippen LogP contribution in [0.2, 0.25) is 0 Å². The maximum Gasteiger partial charge on any atom is 0.305 e. The van der Waals surface area contributed by atoms with Crippen LogP contribution in [0.15, 0.2) is 152 Å². The lowest BCUT2D eigenvalue weighted by atomic mass is 9.98. The Labute approximate surface area is 801 Å². The molecular weight excluding hydrogens is 1830 g/mol. The number of thioether (sulfide) groups is 1. The van der Waals surface area contributed by atoms with E-state index < -0.39 is 309 Å². The van der Waals surface area contributed by atoms with E-state index in [2.05, 4.69) is 52.8 Å². The van der Waals surface area contributed by atoms with Crippen molar-refractivity contribution in [3.05, 3.63) is 203 Å². The van der Waals surface area contributed by atoms with Gasteiger partial charge >= 0.3 is 11.9 Å². The van der Waals surface area contributed by atoms with Crippen LogP contribution in [0.3, 0.4) is 0 Å². The van der Waals surface area contributed by atoms with E-state index in [1.807, 2.05) is 0 Å². The zero-order valence-electron chi connectivity index (χ0n) is 77.1. The number of carboxylic acids is 2. The van der Waals surface area contributed by atoms with Crippen molar-refractivity contribution >= 4 is 123 Å². The Morgan fingerprint density at radius 1 is 0.482 bits per heavy atom. The van der Waals surface area contributed by atoms with Gasteiger partial charge in [0.25, 0.3) is 0 Å². The molecule has 0 aliphatic carbocycles. The number of carbonyl (C=O) groups excluding carboxylic acids is 15. The lowest BCUT2D eigenvalue weighted by Crippen LogP contribution is -2.62. The predicted octanol–water partition coefficient (Wildman–Crippen LogP) is 0.569. The topological polar surface area (TPSA) is 578 Å². The minimum absolute atomic E-state index is 0.162. The van der Waals surface area contributed by atoms with Crippen LogP contribution in [-0.2, 0) is 120 Å². The molecule has 15 amide bonds. The predicted molar refractivity (Wildman–Crippen MR) is 496 cm³/mol. The van der Waals surface area contributed by atoms with Crippen molar-refractivity contribution in [3.63, 3.8) is 0 Å². The first kappa shape index (κ1) is 107. The molecule has 0 bridgehead atoms. The fourth-order valence-electron chi connectivity index (χ4n) is 16.8. The summed E-state index contributed by atoms with van der Waals surface area (Å²) in [4.78, 5) is 259. The van der Waals surface area contributed by atoms with Gasteiger partial charge in [-0.05, 0) is 94.6 Å². The summed E-state index contributed by atoms with van der Waals surface area (Å²) in [6.07, 6.45) is -7.69. The molecule has 3 aliphatic heterocycles. The number of hydrogen-bond acceptors (Lipinski definition) is 22. The van der Waals surface area contributed by atoms with Gasteiger partial charge in [0.15, 0.2) is 17.5 Å². The SMILES string of the molecule is CCCC[C@H]1C(=O)N2C[C@H](O)C[C@@H]2C(=O)N[C@@H](CC(=O)O)C(=O)N[C@@H](C(C)C)C(=O)N(C)[C@@H](Cc2ccccc2)C(=O)N[C@@H](Cc2ccc(O)cc2)C(=O)N2C[C@H](O)C[C@H]2C(=O)N[C@@H](Cc2c[nH]c3ccccc23)C(=O)N[C@@H](Cc2ccc(O)cc2)C(=O)N[C@@H](CCC(=O)O)C(=O)N[C@H](C(=O)NCC(N)=O)CSCC(=O)N[C@@H](Cc2cc(F)c(F)c(F)c2)C(=O)N(C)[C@@H](Cc2ccccc2)C(=O)N1C. The number of carbonyl (C=O) groups is 17. The molecule has 4 heterocycles. The number of halogens is 3. The fraction of sp³-hybridized carbons (Fsp3) is 0.427. The minimum atomic E-state index is -2.07. The fourth-order valence-corrected chi connectivity index (χ4v) is 17.7. The molecule has 6 aromatic carbocycles. The molecule has 0 unspecified atom stereocenters. The van der Waals surface area contributed by atoms with Crippen LogP contribution in [0.25, 0.3) is 10.9 Å². The molecule has 1 aromatic heterocycles. The summed E-state index contributed by atoms with van der Waals surface area (Å²) < 4.78 is 45.1. The maximum absolute atomic E-state index is 15.8. The quantitative estimate of drug-likeness (QED) is 0.0368. The molecule has 39 nitrogen and oxygen atoms in total. The second-order valence-electron chi connectivity index (χ2n) is 35.0. The van der Waals surface area contributed by atoms with Gasteiger partial charge in [-0.3, -0.25) is 81.5 Å². The van der Waals surface area contributed by atoms with Crippen molar-refractivity contribution < 1.29 is 125 Å². The molecule has 18 N–H and O–H groups in total. The van der Waals surface area contributed by atoms with E-state index in [-0.39, 0.29) is 42.7 Å². The molecule has 3 saturated heterocycles. The summed E-state index contributed by atoms with van der Waals surface area (Å²) in [5, 5.41) is 87.6. The molecule has 43 heteroatoms. The Morgan fingerprint density at radius 2 is 0.950 bits per heavy atom. The number of primary amides is 1. The van der Waals surface area contributed by atoms with Crippen LogP contribution in [0, 0.1) is 23.4 Å². The van der Waals surface area contributed by atoms with E-state index in [0.29, 0.717) is 63.5 Å². The van der Waals surface area contributed by atoms with Crippen molar-refractivity contribution in [2.24, 2.45) is 11.7 Å². The number of aliphatic hydroxyl groups excluding tert-OH is 2. The summed E-state index contributed by atoms with van der Waals surface area (Å²) in [5.41, 5.74) is 7.30. The van der Waals surface area contributed by atoms with Gasteiger partial charge in [0, 0.05) is 115 Å². The van der Waals surface area contributed by atoms with Crippen LogP contribution in [0.1, 0.15) is 106 Å². The maximum atomic E-state index is 15.8. The molecule has 15 atom stereocenters. The van der Waals surface area contributed by atoms with E-state index in [1.54, 1.807) is 91.9 Å². The summed E-state index contributed by atoms with van der Waals surface area (Å²) in [6.45, 7) is 2.71. The zero-order valence-corrected chi connectivity index (χ0v) is 77.9. The van der Waals surface area contributed by atoms with Crippen molar-refractivity contribution in [1.29, 1.82) is 0 Å². The van der Waals surface area contributed by atoms with Gasteiger partial charge in [-0.1, -0.05) is 137 Å². The van der Waals surface area contributed by atoms with E-state index >= 15 is 51.9 Å². The number of phenols is 2. The summed E-state index contributed by atoms with van der Waals surface area (Å²) in [5.74, 6) is -28.0. The summed E-state index contributed by atoms with van der Waals surface area (Å²) in [7, 11) is 3.55. The van der Waals surface area contributed by atoms with Gasteiger partial charge in [-0.25, -0.2) is 13.2 Å². The Hall–Kier alpha value is -14.5. The Kier molecular flexibility index (Phi) is 37.9. The molecule has 139 heavy (non-hydrogen) atoms. The highest BCUT2D eigenvalue weighted by atomic mass is 32.2. The molecule has 3 fully saturated rings. The first-order valence-corrected chi connectivity index (χ1v) is 46.3. The molecular formula is C96H115F3N16O23S. The normalized spacial score (nSPS) is 24.1. The minimum Gasteiger partial charge on any atom is -0.508 e. The number of nitrogens with one attached hydrogen (secondary N) is 10. The molecule has 744 valence electrons. The number of rotatable bonds is 24. The number of aliphatic hydroxyl groups is 2. The molecule has 0 spiro atoms. The van der Waals surface area contributed by atoms with Gasteiger partial charge in [0.2, 0.25) is 88.6 Å². The van der Waals surface area contributed by atoms with Crippen LogP contribution in [-0.4, -0.2) is 304 Å². The first-order chi connectivity index (χ1) is 66.1. The Morgan fingerprint density at radius 3 is 1.50 bits per heavy atom. The lowest BCUT2D eigenvalue weighted by Gasteiger charge is -2.38. The molecule has 7 aromatic rings. The molecule has 10 rings (SSSR count). The highest BCUT2D eigenvalue weighted by molar-refractivity contribution is 8.00. The number of hydrogen-bond donors (Lipinski definition) is 17. The van der Waals surface area contributed by atoms with Crippen molar-refractivity contribution in [3.8, 4) is 11.5 Å². The number of aromatic hydroxyl groups is 2. The van der Waals surface area contributed by atoms with Gasteiger partial charge in [-0.15, -0.1) is 11.8 Å². The number of amides is 15. The highest BCUT2D eigenvalue weighted by Crippen LogP contribution is 2.30. The number of aliphatic carboxylic acids is 2. The average Bonchev–Trinajstić information content (AvgIpc) is 1.74. The number of benzene rings is 6. The van der Waals surface area contributed by atoms with Crippen LogP contribution < -0.4 is 53.6 Å².